The molecule has 2 aromatic rings. The molecule has 0 aliphatic heterocycles. The molecule has 2 heteroatoms. The lowest BCUT2D eigenvalue weighted by molar-refractivity contribution is 0.647. The van der Waals surface area contributed by atoms with E-state index in [2.05, 4.69) is 63.2 Å². The van der Waals surface area contributed by atoms with Crippen LogP contribution in [-0.4, -0.2) is 8.96 Å². The summed E-state index contributed by atoms with van der Waals surface area (Å²) >= 11 is 0. The predicted octanol–water partition coefficient (Wildman–Crippen LogP) is 4.48. The third-order valence-corrected chi connectivity index (χ3v) is 6.19. The van der Waals surface area contributed by atoms with Gasteiger partial charge < -0.3 is 0 Å². The van der Waals surface area contributed by atoms with Crippen molar-refractivity contribution in [1.29, 1.82) is 0 Å². The van der Waals surface area contributed by atoms with Crippen molar-refractivity contribution < 1.29 is 4.21 Å². The van der Waals surface area contributed by atoms with E-state index in [0.717, 1.165) is 30.6 Å². The number of hydrogen-bond donors (Lipinski definition) is 0. The van der Waals surface area contributed by atoms with Crippen LogP contribution in [0.3, 0.4) is 0 Å². The van der Waals surface area contributed by atoms with Crippen molar-refractivity contribution >= 4 is 10.8 Å². The largest absolute Gasteiger partial charge is 0.254 e. The molecular formula is C20H24OS. The molecule has 1 atom stereocenters. The van der Waals surface area contributed by atoms with Gasteiger partial charge in [0.25, 0.3) is 0 Å². The van der Waals surface area contributed by atoms with Crippen molar-refractivity contribution in [1.82, 2.24) is 0 Å². The van der Waals surface area contributed by atoms with E-state index >= 15 is 0 Å². The van der Waals surface area contributed by atoms with Gasteiger partial charge in [0, 0.05) is 9.64 Å². The normalized spacial score (nSPS) is 16.1. The minimum absolute atomic E-state index is 0.217. The average molecular weight is 312 g/mol. The molecule has 0 radical (unpaired) electrons. The second-order valence-corrected chi connectivity index (χ2v) is 9.34. The summed E-state index contributed by atoms with van der Waals surface area (Å²) in [6.45, 7) is 6.17. The summed E-state index contributed by atoms with van der Waals surface area (Å²) in [5.74, 6) is 0. The van der Waals surface area contributed by atoms with E-state index in [-0.39, 0.29) is 4.75 Å². The Bertz CT molecular complexity index is 693. The van der Waals surface area contributed by atoms with Crippen molar-refractivity contribution in [3.8, 4) is 0 Å². The first kappa shape index (κ1) is 15.5. The minimum atomic E-state index is -0.968. The van der Waals surface area contributed by atoms with Crippen LogP contribution in [-0.2, 0) is 36.5 Å². The summed E-state index contributed by atoms with van der Waals surface area (Å²) < 4.78 is 12.7. The maximum absolute atomic E-state index is 12.9. The van der Waals surface area contributed by atoms with E-state index in [9.17, 15) is 4.21 Å². The van der Waals surface area contributed by atoms with Gasteiger partial charge in [-0.15, -0.1) is 0 Å². The van der Waals surface area contributed by atoms with Gasteiger partial charge in [-0.1, -0.05) is 36.4 Å². The molecular weight excluding hydrogens is 288 g/mol. The Kier molecular flexibility index (Phi) is 4.22. The summed E-state index contributed by atoms with van der Waals surface area (Å²) in [7, 11) is -0.968. The maximum Gasteiger partial charge on any atom is 0.0586 e. The predicted molar refractivity (Wildman–Crippen MR) is 93.9 cm³/mol. The summed E-state index contributed by atoms with van der Waals surface area (Å²) in [5.41, 5.74) is 5.27. The molecule has 4 aliphatic carbocycles. The smallest absolute Gasteiger partial charge is 0.0586 e. The second-order valence-electron chi connectivity index (χ2n) is 7.14. The van der Waals surface area contributed by atoms with Crippen LogP contribution in [0.2, 0.25) is 0 Å². The zero-order chi connectivity index (χ0) is 15.7. The maximum atomic E-state index is 12.9. The number of aryl methyl sites for hydroxylation is 4. The third kappa shape index (κ3) is 3.33. The van der Waals surface area contributed by atoms with Gasteiger partial charge in [-0.2, -0.15) is 0 Å². The van der Waals surface area contributed by atoms with Gasteiger partial charge >= 0.3 is 0 Å². The van der Waals surface area contributed by atoms with E-state index in [1.54, 1.807) is 0 Å². The van der Waals surface area contributed by atoms with E-state index in [0.29, 0.717) is 0 Å². The lowest BCUT2D eigenvalue weighted by Crippen LogP contribution is -2.23. The molecule has 4 aliphatic rings. The average Bonchev–Trinajstić information content (AvgIpc) is 2.48. The molecule has 2 aromatic carbocycles. The van der Waals surface area contributed by atoms with Crippen LogP contribution in [0, 0.1) is 0 Å². The molecule has 22 heavy (non-hydrogen) atoms. The second kappa shape index (κ2) is 6.00. The van der Waals surface area contributed by atoms with E-state index in [4.69, 9.17) is 0 Å². The van der Waals surface area contributed by atoms with Gasteiger partial charge in [0.05, 0.1) is 10.8 Å². The number of rotatable bonds is 1. The Morgan fingerprint density at radius 3 is 1.86 bits per heavy atom. The monoisotopic (exact) mass is 312 g/mol. The molecule has 0 fully saturated rings. The zero-order valence-electron chi connectivity index (χ0n) is 13.7. The van der Waals surface area contributed by atoms with Gasteiger partial charge in [-0.25, -0.2) is 0 Å². The van der Waals surface area contributed by atoms with Gasteiger partial charge in [0.15, 0.2) is 0 Å². The topological polar surface area (TPSA) is 17.1 Å². The van der Waals surface area contributed by atoms with Gasteiger partial charge in [0.1, 0.15) is 0 Å². The van der Waals surface area contributed by atoms with Gasteiger partial charge in [0.2, 0.25) is 0 Å². The molecule has 0 amide bonds. The Hall–Kier alpha value is -1.41. The SMILES string of the molecule is CC(C)(C)[S@@](=O)c1cc2ccc1CCc1ccc(cc1)CC2. The first-order valence-electron chi connectivity index (χ1n) is 8.05. The molecule has 0 N–H and O–H groups in total. The van der Waals surface area contributed by atoms with Crippen LogP contribution < -0.4 is 0 Å². The van der Waals surface area contributed by atoms with Crippen molar-refractivity contribution in [3.63, 3.8) is 0 Å². The Morgan fingerprint density at radius 2 is 1.27 bits per heavy atom. The van der Waals surface area contributed by atoms with E-state index in [1.165, 1.54) is 22.3 Å². The first-order valence-corrected chi connectivity index (χ1v) is 9.20. The molecule has 0 saturated carbocycles. The van der Waals surface area contributed by atoms with Crippen molar-refractivity contribution in [3.05, 3.63) is 64.7 Å². The molecule has 0 heterocycles. The summed E-state index contributed by atoms with van der Waals surface area (Å²) in [5, 5.41) is 0. The lowest BCUT2D eigenvalue weighted by Gasteiger charge is -2.21. The molecule has 0 saturated heterocycles. The fourth-order valence-corrected chi connectivity index (χ4v) is 4.23. The van der Waals surface area contributed by atoms with Crippen molar-refractivity contribution in [2.45, 2.75) is 56.1 Å². The molecule has 0 spiro atoms. The van der Waals surface area contributed by atoms with Crippen LogP contribution in [0.4, 0.5) is 0 Å². The van der Waals surface area contributed by atoms with Gasteiger partial charge in [-0.3, -0.25) is 4.21 Å². The van der Waals surface area contributed by atoms with Crippen LogP contribution in [0.15, 0.2) is 47.4 Å². The fourth-order valence-electron chi connectivity index (χ4n) is 2.90. The van der Waals surface area contributed by atoms with E-state index in [1.807, 2.05) is 0 Å². The van der Waals surface area contributed by atoms with E-state index < -0.39 is 10.8 Å². The molecule has 1 nitrogen and oxygen atoms in total. The third-order valence-electron chi connectivity index (χ3n) is 4.30. The Balaban J connectivity index is 2.02. The first-order chi connectivity index (χ1) is 10.4. The Morgan fingerprint density at radius 1 is 0.773 bits per heavy atom. The molecule has 4 bridgehead atoms. The summed E-state index contributed by atoms with van der Waals surface area (Å²) in [6.07, 6.45) is 4.01. The number of hydrogen-bond acceptors (Lipinski definition) is 1. The highest BCUT2D eigenvalue weighted by atomic mass is 32.2. The lowest BCUT2D eigenvalue weighted by atomic mass is 9.97. The highest BCUT2D eigenvalue weighted by molar-refractivity contribution is 7.86. The van der Waals surface area contributed by atoms with Crippen LogP contribution >= 0.6 is 0 Å². The minimum Gasteiger partial charge on any atom is -0.254 e. The highest BCUT2D eigenvalue weighted by Gasteiger charge is 2.24. The van der Waals surface area contributed by atoms with Crippen molar-refractivity contribution in [2.24, 2.45) is 0 Å². The fraction of sp³-hybridized carbons (Fsp3) is 0.400. The van der Waals surface area contributed by atoms with Crippen LogP contribution in [0.1, 0.15) is 43.0 Å². The zero-order valence-corrected chi connectivity index (χ0v) is 14.5. The quantitative estimate of drug-likeness (QED) is 0.759. The highest BCUT2D eigenvalue weighted by Crippen LogP contribution is 2.27. The molecule has 116 valence electrons. The molecule has 6 rings (SSSR count). The van der Waals surface area contributed by atoms with Crippen molar-refractivity contribution in [2.75, 3.05) is 0 Å². The number of benzene rings is 2. The van der Waals surface area contributed by atoms with Crippen LogP contribution in [0.5, 0.6) is 0 Å². The molecule has 0 aromatic heterocycles. The standard InChI is InChI=1S/C20H24OS/c1-20(2,3)22(21)19-14-17-9-8-15-4-6-16(7-5-15)10-12-18(19)13-11-17/h4-7,11,13-14H,8-10,12H2,1-3H3/t22-/m0/s1. The Labute approximate surface area is 136 Å². The summed E-state index contributed by atoms with van der Waals surface area (Å²) in [6, 6.07) is 15.6. The molecule has 0 unspecified atom stereocenters. The summed E-state index contributed by atoms with van der Waals surface area (Å²) in [4.78, 5) is 1.04. The van der Waals surface area contributed by atoms with Gasteiger partial charge in [-0.05, 0) is 74.8 Å². The van der Waals surface area contributed by atoms with Crippen LogP contribution in [0.25, 0.3) is 0 Å².